The molecule has 0 bridgehead atoms. The van der Waals surface area contributed by atoms with Gasteiger partial charge in [-0.25, -0.2) is 4.98 Å². The van der Waals surface area contributed by atoms with Crippen LogP contribution in [0, 0.1) is 6.92 Å². The van der Waals surface area contributed by atoms with Crippen molar-refractivity contribution in [2.24, 2.45) is 0 Å². The number of H-pyrrole nitrogens is 1. The van der Waals surface area contributed by atoms with Crippen LogP contribution in [0.3, 0.4) is 0 Å². The molecule has 3 aromatic heterocycles. The van der Waals surface area contributed by atoms with E-state index in [-0.39, 0.29) is 0 Å². The minimum absolute atomic E-state index is 0.457. The monoisotopic (exact) mass is 244 g/mol. The molecule has 1 N–H and O–H groups in total. The van der Waals surface area contributed by atoms with Crippen LogP contribution >= 0.6 is 11.6 Å². The smallest absolute Gasteiger partial charge is 0.131 e. The van der Waals surface area contributed by atoms with E-state index in [1.807, 2.05) is 19.1 Å². The summed E-state index contributed by atoms with van der Waals surface area (Å²) >= 11 is 5.83. The highest BCUT2D eigenvalue weighted by atomic mass is 35.5. The number of fused-ring (bicyclic) bond motifs is 1. The highest BCUT2D eigenvalue weighted by Gasteiger charge is 2.09. The Kier molecular flexibility index (Phi) is 2.30. The molecule has 3 rings (SSSR count). The Morgan fingerprint density at radius 3 is 2.94 bits per heavy atom. The fourth-order valence-corrected chi connectivity index (χ4v) is 1.96. The van der Waals surface area contributed by atoms with E-state index in [9.17, 15) is 0 Å². The number of nitrogens with zero attached hydrogens (tertiary/aromatic N) is 3. The molecule has 0 atom stereocenters. The summed E-state index contributed by atoms with van der Waals surface area (Å²) in [5.41, 5.74) is 3.73. The topological polar surface area (TPSA) is 54.5 Å². The van der Waals surface area contributed by atoms with Crippen LogP contribution in [0.1, 0.15) is 5.69 Å². The van der Waals surface area contributed by atoms with Crippen LogP contribution in [0.2, 0.25) is 5.15 Å². The van der Waals surface area contributed by atoms with Crippen LogP contribution in [0.15, 0.2) is 30.6 Å². The normalized spacial score (nSPS) is 10.9. The number of aromatic amines is 1. The Labute approximate surface area is 103 Å². The van der Waals surface area contributed by atoms with Crippen molar-refractivity contribution < 1.29 is 0 Å². The number of aromatic nitrogens is 4. The Balaban J connectivity index is 2.24. The van der Waals surface area contributed by atoms with Gasteiger partial charge in [-0.1, -0.05) is 11.6 Å². The number of aryl methyl sites for hydroxylation is 1. The Hall–Kier alpha value is -1.94. The predicted octanol–water partition coefficient (Wildman–Crippen LogP) is 2.98. The second-order valence-corrected chi connectivity index (χ2v) is 4.20. The number of hydrogen-bond acceptors (Lipinski definition) is 3. The Morgan fingerprint density at radius 2 is 2.12 bits per heavy atom. The van der Waals surface area contributed by atoms with Crippen molar-refractivity contribution in [3.63, 3.8) is 0 Å². The third kappa shape index (κ3) is 1.76. The van der Waals surface area contributed by atoms with E-state index in [0.29, 0.717) is 5.15 Å². The lowest BCUT2D eigenvalue weighted by Crippen LogP contribution is -1.84. The molecule has 0 unspecified atom stereocenters. The third-order valence-electron chi connectivity index (χ3n) is 2.58. The molecule has 0 spiro atoms. The highest BCUT2D eigenvalue weighted by molar-refractivity contribution is 6.30. The van der Waals surface area contributed by atoms with Crippen LogP contribution < -0.4 is 0 Å². The molecule has 0 aliphatic carbocycles. The largest absolute Gasteiger partial charge is 0.277 e. The fraction of sp³-hybridized carbons (Fsp3) is 0.0833. The number of halogens is 1. The third-order valence-corrected chi connectivity index (χ3v) is 2.79. The van der Waals surface area contributed by atoms with E-state index in [0.717, 1.165) is 27.9 Å². The maximum absolute atomic E-state index is 5.83. The molecule has 0 aromatic carbocycles. The molecule has 0 fully saturated rings. The quantitative estimate of drug-likeness (QED) is 0.670. The molecule has 0 saturated heterocycles. The zero-order valence-electron chi connectivity index (χ0n) is 9.11. The van der Waals surface area contributed by atoms with Crippen molar-refractivity contribution in [1.82, 2.24) is 20.2 Å². The van der Waals surface area contributed by atoms with Crippen molar-refractivity contribution in [3.8, 4) is 11.3 Å². The molecule has 5 heteroatoms. The van der Waals surface area contributed by atoms with Crippen molar-refractivity contribution >= 4 is 22.5 Å². The molecule has 0 aliphatic heterocycles. The molecular formula is C12H9ClN4. The summed E-state index contributed by atoms with van der Waals surface area (Å²) < 4.78 is 0. The zero-order chi connectivity index (χ0) is 11.8. The predicted molar refractivity (Wildman–Crippen MR) is 66.9 cm³/mol. The Morgan fingerprint density at radius 1 is 1.24 bits per heavy atom. The van der Waals surface area contributed by atoms with Crippen LogP contribution in [0.4, 0.5) is 0 Å². The summed E-state index contributed by atoms with van der Waals surface area (Å²) in [6.07, 6.45) is 3.50. The number of rotatable bonds is 1. The summed E-state index contributed by atoms with van der Waals surface area (Å²) in [4.78, 5) is 8.25. The average Bonchev–Trinajstić information content (AvgIpc) is 2.71. The lowest BCUT2D eigenvalue weighted by molar-refractivity contribution is 1.12. The van der Waals surface area contributed by atoms with Gasteiger partial charge in [0, 0.05) is 35.1 Å². The minimum atomic E-state index is 0.457. The first-order valence-electron chi connectivity index (χ1n) is 5.17. The van der Waals surface area contributed by atoms with Gasteiger partial charge < -0.3 is 0 Å². The molecule has 0 radical (unpaired) electrons. The van der Waals surface area contributed by atoms with E-state index in [4.69, 9.17) is 11.6 Å². The molecule has 3 aromatic rings. The van der Waals surface area contributed by atoms with E-state index >= 15 is 0 Å². The van der Waals surface area contributed by atoms with E-state index < -0.39 is 0 Å². The maximum Gasteiger partial charge on any atom is 0.131 e. The van der Waals surface area contributed by atoms with E-state index in [1.165, 1.54) is 0 Å². The molecule has 0 aliphatic rings. The SMILES string of the molecule is Cc1cc(-c2n[nH]c3cc(Cl)ncc23)ccn1. The maximum atomic E-state index is 5.83. The summed E-state index contributed by atoms with van der Waals surface area (Å²) in [5.74, 6) is 0. The first kappa shape index (κ1) is 10.2. The highest BCUT2D eigenvalue weighted by Crippen LogP contribution is 2.26. The zero-order valence-corrected chi connectivity index (χ0v) is 9.86. The van der Waals surface area contributed by atoms with Gasteiger partial charge in [0.05, 0.1) is 5.52 Å². The van der Waals surface area contributed by atoms with Gasteiger partial charge >= 0.3 is 0 Å². The van der Waals surface area contributed by atoms with Gasteiger partial charge in [0.15, 0.2) is 0 Å². The minimum Gasteiger partial charge on any atom is -0.277 e. The van der Waals surface area contributed by atoms with Crippen molar-refractivity contribution in [2.45, 2.75) is 6.92 Å². The van der Waals surface area contributed by atoms with Gasteiger partial charge in [-0.2, -0.15) is 5.10 Å². The lowest BCUT2D eigenvalue weighted by Gasteiger charge is -1.98. The Bertz CT molecular complexity index is 690. The first-order chi connectivity index (χ1) is 8.24. The molecule has 0 amide bonds. The number of hydrogen-bond donors (Lipinski definition) is 1. The van der Waals surface area contributed by atoms with Gasteiger partial charge in [0.2, 0.25) is 0 Å². The second kappa shape index (κ2) is 3.82. The summed E-state index contributed by atoms with van der Waals surface area (Å²) in [6, 6.07) is 5.68. The van der Waals surface area contributed by atoms with Crippen molar-refractivity contribution in [2.75, 3.05) is 0 Å². The fourth-order valence-electron chi connectivity index (χ4n) is 1.80. The van der Waals surface area contributed by atoms with Crippen LogP contribution in [0.5, 0.6) is 0 Å². The molecule has 84 valence electrons. The van der Waals surface area contributed by atoms with Gasteiger partial charge in [-0.3, -0.25) is 10.1 Å². The second-order valence-electron chi connectivity index (χ2n) is 3.81. The van der Waals surface area contributed by atoms with Gasteiger partial charge in [-0.15, -0.1) is 0 Å². The molecule has 17 heavy (non-hydrogen) atoms. The molecule has 3 heterocycles. The van der Waals surface area contributed by atoms with Crippen LogP contribution in [-0.4, -0.2) is 20.2 Å². The van der Waals surface area contributed by atoms with E-state index in [2.05, 4.69) is 20.2 Å². The van der Waals surface area contributed by atoms with Crippen molar-refractivity contribution in [3.05, 3.63) is 41.4 Å². The standard InChI is InChI=1S/C12H9ClN4/c1-7-4-8(2-3-14-7)12-9-6-15-11(13)5-10(9)16-17-12/h2-6H,1H3,(H,16,17). The molecule has 4 nitrogen and oxygen atoms in total. The summed E-state index contributed by atoms with van der Waals surface area (Å²) in [5, 5.41) is 8.66. The van der Waals surface area contributed by atoms with Gasteiger partial charge in [-0.05, 0) is 19.1 Å². The van der Waals surface area contributed by atoms with Gasteiger partial charge in [0.25, 0.3) is 0 Å². The lowest BCUT2D eigenvalue weighted by atomic mass is 10.1. The first-order valence-corrected chi connectivity index (χ1v) is 5.54. The molecular weight excluding hydrogens is 236 g/mol. The summed E-state index contributed by atoms with van der Waals surface area (Å²) in [6.45, 7) is 1.95. The van der Waals surface area contributed by atoms with Gasteiger partial charge in [0.1, 0.15) is 10.8 Å². The summed E-state index contributed by atoms with van der Waals surface area (Å²) in [7, 11) is 0. The van der Waals surface area contributed by atoms with Crippen LogP contribution in [-0.2, 0) is 0 Å². The van der Waals surface area contributed by atoms with Crippen LogP contribution in [0.25, 0.3) is 22.2 Å². The number of nitrogens with one attached hydrogen (secondary N) is 1. The molecule has 0 saturated carbocycles. The number of pyridine rings is 2. The van der Waals surface area contributed by atoms with E-state index in [1.54, 1.807) is 18.5 Å². The van der Waals surface area contributed by atoms with Crippen molar-refractivity contribution in [1.29, 1.82) is 0 Å². The average molecular weight is 245 g/mol.